The third-order valence-corrected chi connectivity index (χ3v) is 8.09. The molecule has 2 aromatic rings. The van der Waals surface area contributed by atoms with Crippen LogP contribution in [0.3, 0.4) is 0 Å². The maximum absolute atomic E-state index is 6.06. The lowest BCUT2D eigenvalue weighted by atomic mass is 9.91. The fourth-order valence-corrected chi connectivity index (χ4v) is 5.53. The largest absolute Gasteiger partial charge is 0.490 e. The van der Waals surface area contributed by atoms with Gasteiger partial charge in [-0.05, 0) is 83.2 Å². The van der Waals surface area contributed by atoms with Crippen LogP contribution in [0.15, 0.2) is 88.1 Å². The summed E-state index contributed by atoms with van der Waals surface area (Å²) in [6.45, 7) is 15.7. The van der Waals surface area contributed by atoms with Crippen LogP contribution in [-0.4, -0.2) is 31.1 Å². The summed E-state index contributed by atoms with van der Waals surface area (Å²) in [5.41, 5.74) is 7.98. The summed E-state index contributed by atoms with van der Waals surface area (Å²) in [7, 11) is 1.92. The summed E-state index contributed by atoms with van der Waals surface area (Å²) >= 11 is 1.78. The van der Waals surface area contributed by atoms with Crippen molar-refractivity contribution in [3.8, 4) is 5.75 Å². The quantitative estimate of drug-likeness (QED) is 0.396. The second-order valence-corrected chi connectivity index (χ2v) is 11.3. The monoisotopic (exact) mass is 556 g/mol. The number of hydrogen-bond acceptors (Lipinski definition) is 6. The number of ether oxygens (including phenoxy) is 2. The molecule has 1 aromatic heterocycles. The average molecular weight is 557 g/mol. The molecule has 2 aliphatic rings. The van der Waals surface area contributed by atoms with Gasteiger partial charge in [0.15, 0.2) is 0 Å². The van der Waals surface area contributed by atoms with Crippen molar-refractivity contribution in [1.82, 2.24) is 15.6 Å². The molecule has 4 bridgehead atoms. The topological polar surface area (TPSA) is 67.8 Å². The van der Waals surface area contributed by atoms with E-state index in [-0.39, 0.29) is 0 Å². The van der Waals surface area contributed by atoms with Gasteiger partial charge in [-0.1, -0.05) is 39.5 Å². The van der Waals surface area contributed by atoms with E-state index in [4.69, 9.17) is 14.5 Å². The number of aliphatic imine (C=N–C) groups is 1. The van der Waals surface area contributed by atoms with Crippen LogP contribution in [0.5, 0.6) is 5.75 Å². The summed E-state index contributed by atoms with van der Waals surface area (Å²) in [6, 6.07) is 8.71. The summed E-state index contributed by atoms with van der Waals surface area (Å²) in [6.07, 6.45) is 10.4. The van der Waals surface area contributed by atoms with Crippen molar-refractivity contribution in [2.45, 2.75) is 52.7 Å². The number of benzene rings is 1. The van der Waals surface area contributed by atoms with Crippen LogP contribution >= 0.6 is 11.8 Å². The van der Waals surface area contributed by atoms with Crippen molar-refractivity contribution < 1.29 is 9.47 Å². The van der Waals surface area contributed by atoms with E-state index in [1.54, 1.807) is 24.0 Å². The van der Waals surface area contributed by atoms with Gasteiger partial charge in [-0.25, -0.2) is 4.99 Å². The lowest BCUT2D eigenvalue weighted by Gasteiger charge is -2.16. The Balaban J connectivity index is 1.89. The van der Waals surface area contributed by atoms with Crippen LogP contribution in [0.25, 0.3) is 11.6 Å². The van der Waals surface area contributed by atoms with Gasteiger partial charge in [0, 0.05) is 36.3 Å². The maximum atomic E-state index is 6.06. The first-order valence-electron chi connectivity index (χ1n) is 13.8. The minimum atomic E-state index is 0.350. The summed E-state index contributed by atoms with van der Waals surface area (Å²) in [5.74, 6) is 4.28. The third kappa shape index (κ3) is 6.89. The van der Waals surface area contributed by atoms with Gasteiger partial charge in [-0.2, -0.15) is 0 Å². The number of allylic oxidation sites excluding steroid dienone is 3. The van der Waals surface area contributed by atoms with Gasteiger partial charge >= 0.3 is 0 Å². The second-order valence-electron chi connectivity index (χ2n) is 10.1. The Hall–Kier alpha value is -3.71. The molecule has 4 rings (SSSR count). The zero-order valence-electron chi connectivity index (χ0n) is 24.4. The van der Waals surface area contributed by atoms with Gasteiger partial charge < -0.3 is 20.1 Å². The Morgan fingerprint density at radius 3 is 2.75 bits per heavy atom. The fourth-order valence-electron chi connectivity index (χ4n) is 4.64. The Morgan fingerprint density at radius 2 is 2.02 bits per heavy atom. The summed E-state index contributed by atoms with van der Waals surface area (Å²) in [5, 5.41) is 6.76. The van der Waals surface area contributed by atoms with Crippen LogP contribution in [0, 0.1) is 0 Å². The first-order chi connectivity index (χ1) is 19.3. The SMILES string of the molecule is C=C/C1=C\c2cc(ccc2C(C)C)C2=CNC(=N/C(NC)=C(\C)CC)/C2=C(\C)SCc2cncc(c2)OCCO1. The molecule has 0 unspecified atom stereocenters. The van der Waals surface area contributed by atoms with Crippen molar-refractivity contribution in [3.63, 3.8) is 0 Å². The van der Waals surface area contributed by atoms with Gasteiger partial charge in [0.05, 0.1) is 6.20 Å². The van der Waals surface area contributed by atoms with Crippen molar-refractivity contribution in [3.05, 3.63) is 105 Å². The van der Waals surface area contributed by atoms with E-state index in [1.807, 2.05) is 19.3 Å². The molecular weight excluding hydrogens is 516 g/mol. The molecule has 0 fully saturated rings. The van der Waals surface area contributed by atoms with E-state index in [0.717, 1.165) is 57.4 Å². The summed E-state index contributed by atoms with van der Waals surface area (Å²) in [4.78, 5) is 10.6. The molecule has 3 heterocycles. The number of pyridine rings is 1. The van der Waals surface area contributed by atoms with Crippen LogP contribution in [0.4, 0.5) is 0 Å². The number of rotatable bonds is 5. The van der Waals surface area contributed by atoms with Crippen molar-refractivity contribution in [2.24, 2.45) is 4.99 Å². The Labute approximate surface area is 243 Å². The number of amidine groups is 1. The molecule has 2 N–H and O–H groups in total. The van der Waals surface area contributed by atoms with Gasteiger partial charge in [0.1, 0.15) is 36.4 Å². The molecule has 1 aromatic carbocycles. The fraction of sp³-hybridized carbons (Fsp3) is 0.333. The molecule has 7 heteroatoms. The zero-order valence-corrected chi connectivity index (χ0v) is 25.2. The lowest BCUT2D eigenvalue weighted by molar-refractivity contribution is 0.165. The molecule has 0 aliphatic carbocycles. The predicted octanol–water partition coefficient (Wildman–Crippen LogP) is 7.55. The predicted molar refractivity (Wildman–Crippen MR) is 169 cm³/mol. The lowest BCUT2D eigenvalue weighted by Crippen LogP contribution is -2.18. The maximum Gasteiger partial charge on any atom is 0.141 e. The van der Waals surface area contributed by atoms with Gasteiger partial charge in [-0.3, -0.25) is 4.98 Å². The molecule has 6 nitrogen and oxygen atoms in total. The molecule has 0 amide bonds. The Bertz CT molecular complexity index is 1420. The van der Waals surface area contributed by atoms with E-state index in [0.29, 0.717) is 24.9 Å². The van der Waals surface area contributed by atoms with E-state index >= 15 is 0 Å². The Kier molecular flexibility index (Phi) is 9.93. The highest BCUT2D eigenvalue weighted by atomic mass is 32.2. The van der Waals surface area contributed by atoms with Crippen molar-refractivity contribution in [1.29, 1.82) is 0 Å². The van der Waals surface area contributed by atoms with Crippen LogP contribution in [0.1, 0.15) is 69.2 Å². The number of thioether (sulfide) groups is 1. The van der Waals surface area contributed by atoms with Gasteiger partial charge in [-0.15, -0.1) is 11.8 Å². The van der Waals surface area contributed by atoms with Gasteiger partial charge in [0.2, 0.25) is 0 Å². The smallest absolute Gasteiger partial charge is 0.141 e. The molecule has 0 saturated carbocycles. The highest BCUT2D eigenvalue weighted by molar-refractivity contribution is 8.02. The standard InChI is InChI=1S/C33H40N4O2S/c1-8-22(5)32(34-7)37-33-31-23(6)40-20-24-14-28(18-35-17-24)39-13-12-38-27(9-2)16-26-15-25(30(31)19-36-33)10-11-29(26)21(3)4/h9-11,14-19,21,34H,2,8,12-13,20H2,1,3-7H3,(H,36,37)/b27-16+,31-23+,32-22+. The minimum Gasteiger partial charge on any atom is -0.490 e. The van der Waals surface area contributed by atoms with Crippen molar-refractivity contribution >= 4 is 29.2 Å². The summed E-state index contributed by atoms with van der Waals surface area (Å²) < 4.78 is 12.0. The van der Waals surface area contributed by atoms with Crippen LogP contribution in [0.2, 0.25) is 0 Å². The molecule has 0 atom stereocenters. The van der Waals surface area contributed by atoms with Crippen LogP contribution < -0.4 is 15.4 Å². The molecule has 0 saturated heterocycles. The van der Waals surface area contributed by atoms with Crippen LogP contribution in [-0.2, 0) is 10.5 Å². The molecule has 0 spiro atoms. The first kappa shape index (κ1) is 29.3. The molecular formula is C33H40N4O2S. The van der Waals surface area contributed by atoms with E-state index in [9.17, 15) is 0 Å². The zero-order chi connectivity index (χ0) is 28.6. The van der Waals surface area contributed by atoms with E-state index in [1.165, 1.54) is 16.0 Å². The second kappa shape index (κ2) is 13.6. The normalized spacial score (nSPS) is 20.6. The highest BCUT2D eigenvalue weighted by Crippen LogP contribution is 2.37. The van der Waals surface area contributed by atoms with E-state index in [2.05, 4.69) is 87.3 Å². The Morgan fingerprint density at radius 1 is 1.23 bits per heavy atom. The first-order valence-corrected chi connectivity index (χ1v) is 14.8. The molecule has 0 radical (unpaired) electrons. The third-order valence-electron chi connectivity index (χ3n) is 6.97. The van der Waals surface area contributed by atoms with Crippen molar-refractivity contribution in [2.75, 3.05) is 20.3 Å². The minimum absolute atomic E-state index is 0.350. The average Bonchev–Trinajstić information content (AvgIpc) is 3.39. The number of hydrogen-bond donors (Lipinski definition) is 2. The van der Waals surface area contributed by atoms with E-state index < -0.39 is 0 Å². The molecule has 2 aliphatic heterocycles. The highest BCUT2D eigenvalue weighted by Gasteiger charge is 2.24. The van der Waals surface area contributed by atoms with Gasteiger partial charge in [0.25, 0.3) is 0 Å². The number of nitrogens with one attached hydrogen (secondary N) is 2. The molecule has 40 heavy (non-hydrogen) atoms. The number of aromatic nitrogens is 1. The number of nitrogens with zero attached hydrogens (tertiary/aromatic N) is 2. The molecule has 210 valence electrons. The number of fused-ring (bicyclic) bond motifs is 6.